The van der Waals surface area contributed by atoms with Crippen LogP contribution >= 0.6 is 11.6 Å². The van der Waals surface area contributed by atoms with Gasteiger partial charge in [-0.15, -0.1) is 0 Å². The van der Waals surface area contributed by atoms with Crippen LogP contribution in [0.3, 0.4) is 0 Å². The number of fused-ring (bicyclic) bond motifs is 2. The summed E-state index contributed by atoms with van der Waals surface area (Å²) in [6.45, 7) is 8.82. The third kappa shape index (κ3) is 12.1. The summed E-state index contributed by atoms with van der Waals surface area (Å²) in [5.41, 5.74) is 8.67. The Labute approximate surface area is 408 Å². The summed E-state index contributed by atoms with van der Waals surface area (Å²) >= 11 is 6.39. The van der Waals surface area contributed by atoms with E-state index in [1.807, 2.05) is 115 Å². The highest BCUT2D eigenvalue weighted by Crippen LogP contribution is 2.28. The number of aromatic nitrogens is 2. The van der Waals surface area contributed by atoms with Crippen LogP contribution in [0, 0.1) is 0 Å². The Kier molecular flexibility index (Phi) is 15.2. The van der Waals surface area contributed by atoms with Crippen LogP contribution < -0.4 is 10.6 Å². The summed E-state index contributed by atoms with van der Waals surface area (Å²) in [4.78, 5) is 55.5. The van der Waals surface area contributed by atoms with Crippen molar-refractivity contribution in [2.75, 3.05) is 49.9 Å². The minimum Gasteiger partial charge on any atom is -0.346 e. The van der Waals surface area contributed by atoms with Gasteiger partial charge in [0.05, 0.1) is 17.9 Å². The lowest BCUT2D eigenvalue weighted by Crippen LogP contribution is -2.23. The fourth-order valence-corrected chi connectivity index (χ4v) is 9.67. The Morgan fingerprint density at radius 3 is 1.39 bits per heavy atom. The van der Waals surface area contributed by atoms with Crippen LogP contribution in [0.25, 0.3) is 44.1 Å². The zero-order valence-corrected chi connectivity index (χ0v) is 39.5. The molecule has 0 spiro atoms. The lowest BCUT2D eigenvalue weighted by Gasteiger charge is -2.15. The number of anilines is 2. The number of hydrogen-bond donors (Lipinski definition) is 2. The van der Waals surface area contributed by atoms with E-state index in [0.717, 1.165) is 70.2 Å². The molecule has 2 amide bonds. The zero-order valence-electron chi connectivity index (χ0n) is 38.8. The molecule has 8 aromatic rings. The normalized spacial score (nSPS) is 13.9. The molecule has 0 aliphatic carbocycles. The van der Waals surface area contributed by atoms with Gasteiger partial charge in [-0.25, -0.2) is 0 Å². The summed E-state index contributed by atoms with van der Waals surface area (Å²) < 4.78 is 4.52. The Bertz CT molecular complexity index is 3060. The van der Waals surface area contributed by atoms with Crippen LogP contribution in [0.1, 0.15) is 59.2 Å². The summed E-state index contributed by atoms with van der Waals surface area (Å²) in [6.07, 6.45) is 8.95. The van der Waals surface area contributed by atoms with Crippen molar-refractivity contribution in [3.8, 4) is 22.3 Å². The Morgan fingerprint density at radius 1 is 0.449 bits per heavy atom. The second kappa shape index (κ2) is 22.3. The van der Waals surface area contributed by atoms with E-state index >= 15 is 0 Å². The monoisotopic (exact) mass is 936 g/mol. The molecule has 350 valence electrons. The molecule has 0 radical (unpaired) electrons. The van der Waals surface area contributed by atoms with E-state index in [-0.39, 0.29) is 36.2 Å². The van der Waals surface area contributed by atoms with E-state index in [1.54, 1.807) is 24.3 Å². The first kappa shape index (κ1) is 47.0. The maximum absolute atomic E-state index is 12.8. The number of hydrogen-bond acceptors (Lipinski definition) is 6. The van der Waals surface area contributed by atoms with Crippen molar-refractivity contribution < 1.29 is 19.2 Å². The van der Waals surface area contributed by atoms with Crippen LogP contribution in [0.2, 0.25) is 5.02 Å². The highest BCUT2D eigenvalue weighted by atomic mass is 35.5. The van der Waals surface area contributed by atoms with Crippen molar-refractivity contribution >= 4 is 68.2 Å². The first-order chi connectivity index (χ1) is 33.7. The minimum atomic E-state index is -0.356. The molecule has 0 unspecified atom stereocenters. The van der Waals surface area contributed by atoms with E-state index in [4.69, 9.17) is 11.6 Å². The molecule has 11 heteroatoms. The van der Waals surface area contributed by atoms with Gasteiger partial charge in [0.1, 0.15) is 0 Å². The average Bonchev–Trinajstić information content (AvgIpc) is 4.22. The standard InChI is InChI=1S/C29H28ClN3O2.C29H29N3O2/c30-26-19-22(21-6-2-1-3-7-21)8-10-25(26)28(34)20-29(35)31-24-9-11-27-23(18-24)12-15-33(27)17-16-32-13-4-5-14-32;33-28(24-10-8-23(9-11-24)22-6-2-1-3-7-22)21-29(34)30-26-12-13-27-25(20-26)14-17-32(27)19-18-31-15-4-5-16-31/h1-3,6-12,15,18-19H,4-5,13-14,16-17,20H2,(H,31,35);1-3,6-14,17,20H,4-5,15-16,18-19,21H2,(H,30,34). The molecule has 2 fully saturated rings. The Balaban J connectivity index is 0.000000172. The van der Waals surface area contributed by atoms with Crippen molar-refractivity contribution in [1.82, 2.24) is 18.9 Å². The maximum atomic E-state index is 12.8. The summed E-state index contributed by atoms with van der Waals surface area (Å²) in [5, 5.41) is 8.24. The summed E-state index contributed by atoms with van der Waals surface area (Å²) in [5.74, 6) is -1.15. The van der Waals surface area contributed by atoms with Gasteiger partial charge in [-0.3, -0.25) is 19.2 Å². The van der Waals surface area contributed by atoms with Gasteiger partial charge in [0.2, 0.25) is 11.8 Å². The molecular weight excluding hydrogens is 880 g/mol. The van der Waals surface area contributed by atoms with Crippen molar-refractivity contribution in [1.29, 1.82) is 0 Å². The highest BCUT2D eigenvalue weighted by Gasteiger charge is 2.18. The highest BCUT2D eigenvalue weighted by molar-refractivity contribution is 6.34. The average molecular weight is 938 g/mol. The number of rotatable bonds is 16. The molecule has 10 rings (SSSR count). The first-order valence-electron chi connectivity index (χ1n) is 24.0. The van der Waals surface area contributed by atoms with Crippen LogP contribution in [-0.4, -0.2) is 81.6 Å². The third-order valence-corrected chi connectivity index (χ3v) is 13.5. The van der Waals surface area contributed by atoms with E-state index in [9.17, 15) is 19.2 Å². The number of amides is 2. The molecule has 69 heavy (non-hydrogen) atoms. The molecule has 0 bridgehead atoms. The van der Waals surface area contributed by atoms with Gasteiger partial charge < -0.3 is 29.6 Å². The first-order valence-corrected chi connectivity index (χ1v) is 24.4. The molecule has 0 saturated carbocycles. The van der Waals surface area contributed by atoms with Gasteiger partial charge >= 0.3 is 0 Å². The number of nitrogens with one attached hydrogen (secondary N) is 2. The quantitative estimate of drug-likeness (QED) is 0.0738. The van der Waals surface area contributed by atoms with Crippen LogP contribution in [0.5, 0.6) is 0 Å². The molecule has 2 aliphatic rings. The number of ketones is 2. The molecule has 4 heterocycles. The van der Waals surface area contributed by atoms with Gasteiger partial charge in [0.15, 0.2) is 11.6 Å². The van der Waals surface area contributed by atoms with Crippen LogP contribution in [-0.2, 0) is 22.7 Å². The Morgan fingerprint density at radius 2 is 0.899 bits per heavy atom. The van der Waals surface area contributed by atoms with Gasteiger partial charge in [-0.05, 0) is 135 Å². The van der Waals surface area contributed by atoms with E-state index in [0.29, 0.717) is 27.5 Å². The van der Waals surface area contributed by atoms with Crippen LogP contribution in [0.4, 0.5) is 11.4 Å². The molecule has 2 N–H and O–H groups in total. The summed E-state index contributed by atoms with van der Waals surface area (Å²) in [7, 11) is 0. The number of benzene rings is 6. The number of carbonyl (C=O) groups excluding carboxylic acids is 4. The second-order valence-electron chi connectivity index (χ2n) is 18.0. The number of likely N-dealkylation sites (tertiary alicyclic amines) is 2. The van der Waals surface area contributed by atoms with Gasteiger partial charge in [0.25, 0.3) is 0 Å². The van der Waals surface area contributed by atoms with Crippen molar-refractivity contribution in [2.24, 2.45) is 0 Å². The van der Waals surface area contributed by atoms with Gasteiger partial charge in [-0.2, -0.15) is 0 Å². The van der Waals surface area contributed by atoms with Crippen LogP contribution in [0.15, 0.2) is 164 Å². The number of Topliss-reactive ketones (excluding diaryl/α,β-unsaturated/α-hetero) is 2. The van der Waals surface area contributed by atoms with Crippen molar-refractivity contribution in [3.63, 3.8) is 0 Å². The molecule has 2 aromatic heterocycles. The Hall–Kier alpha value is -7.11. The van der Waals surface area contributed by atoms with E-state index < -0.39 is 0 Å². The lowest BCUT2D eigenvalue weighted by atomic mass is 10.0. The number of halogens is 1. The maximum Gasteiger partial charge on any atom is 0.232 e. The second-order valence-corrected chi connectivity index (χ2v) is 18.4. The van der Waals surface area contributed by atoms with E-state index in [2.05, 4.69) is 54.1 Å². The fourth-order valence-electron chi connectivity index (χ4n) is 9.39. The molecular formula is C58H57ClN6O4. The molecule has 6 aromatic carbocycles. The van der Waals surface area contributed by atoms with Crippen molar-refractivity contribution in [2.45, 2.75) is 51.6 Å². The molecule has 2 saturated heterocycles. The lowest BCUT2D eigenvalue weighted by molar-refractivity contribution is -0.116. The summed E-state index contributed by atoms with van der Waals surface area (Å²) in [6, 6.07) is 48.5. The molecule has 0 atom stereocenters. The zero-order chi connectivity index (χ0) is 47.5. The van der Waals surface area contributed by atoms with Gasteiger partial charge in [-0.1, -0.05) is 103 Å². The largest absolute Gasteiger partial charge is 0.346 e. The van der Waals surface area contributed by atoms with E-state index in [1.165, 1.54) is 51.9 Å². The fraction of sp³-hybridized carbons (Fsp3) is 0.241. The smallest absolute Gasteiger partial charge is 0.232 e. The van der Waals surface area contributed by atoms with Crippen molar-refractivity contribution in [3.05, 3.63) is 180 Å². The molecule has 2 aliphatic heterocycles. The predicted molar refractivity (Wildman–Crippen MR) is 279 cm³/mol. The third-order valence-electron chi connectivity index (χ3n) is 13.2. The number of nitrogens with zero attached hydrogens (tertiary/aromatic N) is 4. The van der Waals surface area contributed by atoms with Gasteiger partial charge in [0, 0.05) is 82.9 Å². The topological polar surface area (TPSA) is 109 Å². The molecule has 10 nitrogen and oxygen atoms in total. The minimum absolute atomic E-state index is 0.181. The SMILES string of the molecule is O=C(CC(=O)c1ccc(-c2ccccc2)cc1)Nc1ccc2c(ccn2CCN2CCCC2)c1.O=C(CC(=O)c1ccc(-c2ccccc2)cc1Cl)Nc1ccc2c(ccn2CCN2CCCC2)c1. The predicted octanol–water partition coefficient (Wildman–Crippen LogP) is 11.9. The number of carbonyl (C=O) groups is 4.